The van der Waals surface area contributed by atoms with Gasteiger partial charge in [-0.05, 0) is 5.92 Å². The fraction of sp³-hybridized carbons (Fsp3) is 0.462. The quantitative estimate of drug-likeness (QED) is 0.852. The van der Waals surface area contributed by atoms with Gasteiger partial charge in [-0.2, -0.15) is 0 Å². The Labute approximate surface area is 110 Å². The van der Waals surface area contributed by atoms with E-state index in [-0.39, 0.29) is 29.0 Å². The number of amides is 1. The lowest BCUT2D eigenvalue weighted by molar-refractivity contribution is -0.144. The van der Waals surface area contributed by atoms with Crippen molar-refractivity contribution in [3.8, 4) is 0 Å². The van der Waals surface area contributed by atoms with E-state index in [1.807, 2.05) is 30.3 Å². The van der Waals surface area contributed by atoms with Crippen LogP contribution in [0.5, 0.6) is 0 Å². The van der Waals surface area contributed by atoms with Crippen LogP contribution in [0.15, 0.2) is 30.3 Å². The topological polar surface area (TPSA) is 38.3 Å². The number of carbonyl (C=O) groups is 1. The first-order valence-corrected chi connectivity index (χ1v) is 6.66. The Kier molecular flexibility index (Phi) is 3.84. The predicted molar refractivity (Wildman–Crippen MR) is 69.8 cm³/mol. The molecule has 1 aromatic rings. The molecule has 3 nitrogen and oxygen atoms in total. The smallest absolute Gasteiger partial charge is 0.238 e. The molecule has 1 N–H and O–H groups in total. The van der Waals surface area contributed by atoms with Gasteiger partial charge in [0.1, 0.15) is 4.83 Å². The Hall–Kier alpha value is -0.870. The zero-order valence-corrected chi connectivity index (χ0v) is 11.5. The summed E-state index contributed by atoms with van der Waals surface area (Å²) in [5.74, 6) is 0.278. The van der Waals surface area contributed by atoms with Gasteiger partial charge in [-0.1, -0.05) is 60.1 Å². The van der Waals surface area contributed by atoms with Crippen molar-refractivity contribution < 1.29 is 9.53 Å². The fourth-order valence-electron chi connectivity index (χ4n) is 1.90. The minimum absolute atomic E-state index is 0.0104. The molecule has 1 fully saturated rings. The van der Waals surface area contributed by atoms with E-state index >= 15 is 0 Å². The summed E-state index contributed by atoms with van der Waals surface area (Å²) in [5, 5.41) is 2.86. The molecular weight excluding hydrogens is 282 g/mol. The minimum atomic E-state index is -0.343. The van der Waals surface area contributed by atoms with Crippen LogP contribution in [-0.2, 0) is 9.53 Å². The molecular formula is C13H16BrNO2. The number of carbonyl (C=O) groups excluding carboxylic acids is 1. The lowest BCUT2D eigenvalue weighted by atomic mass is 10.0. The second-order valence-electron chi connectivity index (χ2n) is 4.55. The van der Waals surface area contributed by atoms with Crippen molar-refractivity contribution >= 4 is 21.8 Å². The lowest BCUT2D eigenvalue weighted by Gasteiger charge is -2.36. The Morgan fingerprint density at radius 3 is 2.53 bits per heavy atom. The van der Waals surface area contributed by atoms with Crippen LogP contribution in [0.3, 0.4) is 0 Å². The van der Waals surface area contributed by atoms with Crippen LogP contribution in [0.4, 0.5) is 0 Å². The summed E-state index contributed by atoms with van der Waals surface area (Å²) < 4.78 is 5.94. The molecule has 0 aromatic heterocycles. The van der Waals surface area contributed by atoms with Crippen molar-refractivity contribution in [3.63, 3.8) is 0 Å². The number of ether oxygens (including phenoxy) is 1. The molecule has 4 heteroatoms. The highest BCUT2D eigenvalue weighted by molar-refractivity contribution is 9.10. The van der Waals surface area contributed by atoms with Gasteiger partial charge in [-0.15, -0.1) is 0 Å². The van der Waals surface area contributed by atoms with Gasteiger partial charge in [0.25, 0.3) is 0 Å². The molecule has 3 atom stereocenters. The molecule has 92 valence electrons. The molecule has 0 radical (unpaired) electrons. The number of hydrogen-bond donors (Lipinski definition) is 1. The van der Waals surface area contributed by atoms with Gasteiger partial charge in [0.15, 0.2) is 6.23 Å². The molecule has 1 aliphatic rings. The summed E-state index contributed by atoms with van der Waals surface area (Å²) in [6, 6.07) is 9.74. The molecule has 0 saturated carbocycles. The third-order valence-electron chi connectivity index (χ3n) is 2.86. The Morgan fingerprint density at radius 2 is 1.94 bits per heavy atom. The van der Waals surface area contributed by atoms with E-state index in [9.17, 15) is 4.79 Å². The number of halogens is 1. The van der Waals surface area contributed by atoms with Crippen LogP contribution in [0.2, 0.25) is 0 Å². The number of benzene rings is 1. The average molecular weight is 298 g/mol. The van der Waals surface area contributed by atoms with E-state index < -0.39 is 0 Å². The van der Waals surface area contributed by atoms with Crippen LogP contribution in [-0.4, -0.2) is 16.8 Å². The molecule has 1 amide bonds. The van der Waals surface area contributed by atoms with Gasteiger partial charge >= 0.3 is 0 Å². The highest BCUT2D eigenvalue weighted by Gasteiger charge is 2.37. The molecule has 0 unspecified atom stereocenters. The van der Waals surface area contributed by atoms with Crippen molar-refractivity contribution in [1.29, 1.82) is 0 Å². The molecule has 1 saturated heterocycles. The lowest BCUT2D eigenvalue weighted by Crippen LogP contribution is -2.51. The largest absolute Gasteiger partial charge is 0.349 e. The fourth-order valence-corrected chi connectivity index (χ4v) is 2.77. The zero-order valence-electron chi connectivity index (χ0n) is 9.89. The van der Waals surface area contributed by atoms with E-state index in [1.165, 1.54) is 0 Å². The first kappa shape index (κ1) is 12.6. The second kappa shape index (κ2) is 5.19. The summed E-state index contributed by atoms with van der Waals surface area (Å²) in [4.78, 5) is 11.6. The van der Waals surface area contributed by atoms with Crippen molar-refractivity contribution in [2.24, 2.45) is 5.92 Å². The molecule has 0 spiro atoms. The van der Waals surface area contributed by atoms with Crippen molar-refractivity contribution in [2.75, 3.05) is 0 Å². The van der Waals surface area contributed by atoms with Gasteiger partial charge < -0.3 is 10.1 Å². The van der Waals surface area contributed by atoms with Crippen molar-refractivity contribution in [1.82, 2.24) is 5.32 Å². The van der Waals surface area contributed by atoms with Gasteiger partial charge in [0, 0.05) is 5.56 Å². The van der Waals surface area contributed by atoms with Crippen LogP contribution in [0.1, 0.15) is 25.6 Å². The Balaban J connectivity index is 2.19. The SMILES string of the molecule is CC(C)[C@@H]1O[C@H](c2ccccc2)NC(=O)[C@@H]1Br. The van der Waals surface area contributed by atoms with E-state index in [2.05, 4.69) is 35.1 Å². The summed E-state index contributed by atoms with van der Waals surface area (Å²) in [6.07, 6.45) is -0.446. The summed E-state index contributed by atoms with van der Waals surface area (Å²) in [6.45, 7) is 4.11. The van der Waals surface area contributed by atoms with E-state index in [4.69, 9.17) is 4.74 Å². The minimum Gasteiger partial charge on any atom is -0.349 e. The van der Waals surface area contributed by atoms with Crippen molar-refractivity contribution in [3.05, 3.63) is 35.9 Å². The maximum absolute atomic E-state index is 11.9. The van der Waals surface area contributed by atoms with Crippen LogP contribution < -0.4 is 5.32 Å². The van der Waals surface area contributed by atoms with Gasteiger partial charge in [-0.3, -0.25) is 4.79 Å². The Bertz CT molecular complexity index is 394. The Morgan fingerprint density at radius 1 is 1.29 bits per heavy atom. The molecule has 1 aromatic carbocycles. The van der Waals surface area contributed by atoms with Crippen molar-refractivity contribution in [2.45, 2.75) is 31.0 Å². The molecule has 17 heavy (non-hydrogen) atoms. The summed E-state index contributed by atoms with van der Waals surface area (Å²) in [7, 11) is 0. The van der Waals surface area contributed by atoms with Crippen LogP contribution >= 0.6 is 15.9 Å². The number of hydrogen-bond acceptors (Lipinski definition) is 2. The van der Waals surface area contributed by atoms with E-state index in [0.29, 0.717) is 0 Å². The molecule has 2 rings (SSSR count). The van der Waals surface area contributed by atoms with Crippen LogP contribution in [0.25, 0.3) is 0 Å². The summed E-state index contributed by atoms with van der Waals surface area (Å²) >= 11 is 3.38. The van der Waals surface area contributed by atoms with E-state index in [0.717, 1.165) is 5.56 Å². The molecule has 1 heterocycles. The van der Waals surface area contributed by atoms with Gasteiger partial charge in [-0.25, -0.2) is 0 Å². The van der Waals surface area contributed by atoms with E-state index in [1.54, 1.807) is 0 Å². The standard InChI is InChI=1S/C13H16BrNO2/c1-8(2)11-10(14)12(16)15-13(17-11)9-6-4-3-5-7-9/h3-8,10-11,13H,1-2H3,(H,15,16)/t10-,11+,13-/m1/s1. The zero-order chi connectivity index (χ0) is 12.4. The highest BCUT2D eigenvalue weighted by atomic mass is 79.9. The monoisotopic (exact) mass is 297 g/mol. The third kappa shape index (κ3) is 2.69. The summed E-state index contributed by atoms with van der Waals surface area (Å²) in [5.41, 5.74) is 0.978. The number of alkyl halides is 1. The second-order valence-corrected chi connectivity index (χ2v) is 5.53. The first-order chi connectivity index (χ1) is 8.09. The number of rotatable bonds is 2. The van der Waals surface area contributed by atoms with Gasteiger partial charge in [0.05, 0.1) is 6.10 Å². The maximum atomic E-state index is 11.9. The third-order valence-corrected chi connectivity index (χ3v) is 3.80. The highest BCUT2D eigenvalue weighted by Crippen LogP contribution is 2.29. The average Bonchev–Trinajstić information content (AvgIpc) is 2.33. The maximum Gasteiger partial charge on any atom is 0.238 e. The molecule has 0 bridgehead atoms. The predicted octanol–water partition coefficient (Wildman–Crippen LogP) is 2.62. The molecule has 0 aliphatic carbocycles. The van der Waals surface area contributed by atoms with Crippen LogP contribution in [0, 0.1) is 5.92 Å². The first-order valence-electron chi connectivity index (χ1n) is 5.74. The normalized spacial score (nSPS) is 29.2. The molecule has 1 aliphatic heterocycles. The van der Waals surface area contributed by atoms with Gasteiger partial charge in [0.2, 0.25) is 5.91 Å². The number of nitrogens with one attached hydrogen (secondary N) is 1.